The second kappa shape index (κ2) is 16.1. The molecule has 3 nitrogen and oxygen atoms in total. The van der Waals surface area contributed by atoms with Gasteiger partial charge in [0.1, 0.15) is 0 Å². The highest BCUT2D eigenvalue weighted by atomic mass is 15.2. The van der Waals surface area contributed by atoms with Gasteiger partial charge in [-0.15, -0.1) is 0 Å². The minimum atomic E-state index is -0.118. The molecular formula is C59H49N3. The summed E-state index contributed by atoms with van der Waals surface area (Å²) in [6.07, 6.45) is 0. The minimum Gasteiger partial charge on any atom is -0.311 e. The summed E-state index contributed by atoms with van der Waals surface area (Å²) in [5, 5.41) is 0. The van der Waals surface area contributed by atoms with Gasteiger partial charge in [0, 0.05) is 56.6 Å². The quantitative estimate of drug-likeness (QED) is 0.136. The van der Waals surface area contributed by atoms with Crippen molar-refractivity contribution in [2.75, 3.05) is 14.7 Å². The molecule has 0 radical (unpaired) electrons. The molecule has 9 aromatic rings. The monoisotopic (exact) mass is 799 g/mol. The summed E-state index contributed by atoms with van der Waals surface area (Å²) in [4.78, 5) is 7.03. The summed E-state index contributed by atoms with van der Waals surface area (Å²) in [5.41, 5.74) is 20.1. The van der Waals surface area contributed by atoms with Crippen molar-refractivity contribution in [1.29, 1.82) is 0 Å². The van der Waals surface area contributed by atoms with Crippen LogP contribution in [0.3, 0.4) is 0 Å². The Kier molecular flexibility index (Phi) is 10.0. The van der Waals surface area contributed by atoms with Crippen LogP contribution in [0, 0.1) is 13.8 Å². The topological polar surface area (TPSA) is 9.72 Å². The highest BCUT2D eigenvalue weighted by Gasteiger charge is 2.35. The molecule has 0 bridgehead atoms. The van der Waals surface area contributed by atoms with Gasteiger partial charge in [-0.2, -0.15) is 0 Å². The zero-order valence-electron chi connectivity index (χ0n) is 35.7. The first-order chi connectivity index (χ1) is 30.3. The molecule has 0 unspecified atom stereocenters. The van der Waals surface area contributed by atoms with Crippen molar-refractivity contribution in [3.05, 3.63) is 247 Å². The lowest BCUT2D eigenvalue weighted by molar-refractivity contribution is 0.660. The SMILES string of the molecule is Cc1ccc(N(c2ccccc2)c2ccc(-c3ccc(N(c4ccc(N(c5ccccc5)c5ccc(C)cc5)cc4)c4ccc5c(c4)C(C)(C)c4ccccc4-5)cc3)cc2)cc1. The molecule has 0 atom stereocenters. The molecule has 0 saturated carbocycles. The van der Waals surface area contributed by atoms with E-state index in [1.54, 1.807) is 0 Å². The molecule has 9 aromatic carbocycles. The Bertz CT molecular complexity index is 2950. The van der Waals surface area contributed by atoms with Crippen molar-refractivity contribution in [3.8, 4) is 22.3 Å². The van der Waals surface area contributed by atoms with E-state index < -0.39 is 0 Å². The molecule has 0 aliphatic heterocycles. The molecular weight excluding hydrogens is 751 g/mol. The Labute approximate surface area is 366 Å². The molecule has 10 rings (SSSR count). The largest absolute Gasteiger partial charge is 0.311 e. The van der Waals surface area contributed by atoms with Crippen molar-refractivity contribution in [2.24, 2.45) is 0 Å². The van der Waals surface area contributed by atoms with Crippen LogP contribution in [-0.4, -0.2) is 0 Å². The zero-order chi connectivity index (χ0) is 42.2. The first-order valence-corrected chi connectivity index (χ1v) is 21.5. The zero-order valence-corrected chi connectivity index (χ0v) is 35.7. The van der Waals surface area contributed by atoms with Gasteiger partial charge in [0.15, 0.2) is 0 Å². The summed E-state index contributed by atoms with van der Waals surface area (Å²) >= 11 is 0. The fraction of sp³-hybridized carbons (Fsp3) is 0.0847. The highest BCUT2D eigenvalue weighted by molar-refractivity contribution is 5.87. The van der Waals surface area contributed by atoms with Gasteiger partial charge in [-0.3, -0.25) is 0 Å². The van der Waals surface area contributed by atoms with E-state index in [4.69, 9.17) is 0 Å². The van der Waals surface area contributed by atoms with Crippen molar-refractivity contribution < 1.29 is 0 Å². The maximum Gasteiger partial charge on any atom is 0.0465 e. The Morgan fingerprint density at radius 1 is 0.274 bits per heavy atom. The molecule has 0 saturated heterocycles. The van der Waals surface area contributed by atoms with E-state index in [9.17, 15) is 0 Å². The maximum atomic E-state index is 2.41. The fourth-order valence-electron chi connectivity index (χ4n) is 9.07. The second-order valence-electron chi connectivity index (χ2n) is 16.9. The normalized spacial score (nSPS) is 12.3. The van der Waals surface area contributed by atoms with Gasteiger partial charge >= 0.3 is 0 Å². The van der Waals surface area contributed by atoms with E-state index in [0.29, 0.717) is 0 Å². The van der Waals surface area contributed by atoms with Crippen LogP contribution in [0.4, 0.5) is 51.2 Å². The van der Waals surface area contributed by atoms with Gasteiger partial charge in [0.05, 0.1) is 0 Å². The van der Waals surface area contributed by atoms with Gasteiger partial charge < -0.3 is 14.7 Å². The summed E-state index contributed by atoms with van der Waals surface area (Å²) in [7, 11) is 0. The number of anilines is 9. The summed E-state index contributed by atoms with van der Waals surface area (Å²) in [5.74, 6) is 0. The van der Waals surface area contributed by atoms with Crippen LogP contribution in [0.1, 0.15) is 36.1 Å². The number of benzene rings is 9. The van der Waals surface area contributed by atoms with E-state index in [0.717, 1.165) is 51.2 Å². The lowest BCUT2D eigenvalue weighted by Gasteiger charge is -2.29. The predicted molar refractivity (Wildman–Crippen MR) is 263 cm³/mol. The minimum absolute atomic E-state index is 0.118. The first kappa shape index (κ1) is 38.6. The van der Waals surface area contributed by atoms with Gasteiger partial charge in [0.2, 0.25) is 0 Å². The Morgan fingerprint density at radius 2 is 0.581 bits per heavy atom. The Balaban J connectivity index is 1.02. The predicted octanol–water partition coefficient (Wildman–Crippen LogP) is 16.7. The van der Waals surface area contributed by atoms with Gasteiger partial charge in [0.25, 0.3) is 0 Å². The first-order valence-electron chi connectivity index (χ1n) is 21.5. The van der Waals surface area contributed by atoms with E-state index in [1.165, 1.54) is 44.5 Å². The van der Waals surface area contributed by atoms with Crippen LogP contribution < -0.4 is 14.7 Å². The average Bonchev–Trinajstić information content (AvgIpc) is 3.55. The van der Waals surface area contributed by atoms with Crippen LogP contribution in [-0.2, 0) is 5.41 Å². The molecule has 1 aliphatic carbocycles. The molecule has 0 spiro atoms. The Morgan fingerprint density at radius 3 is 1.02 bits per heavy atom. The van der Waals surface area contributed by atoms with Gasteiger partial charge in [-0.25, -0.2) is 0 Å². The number of hydrogen-bond acceptors (Lipinski definition) is 3. The van der Waals surface area contributed by atoms with Gasteiger partial charge in [-0.05, 0) is 156 Å². The summed E-state index contributed by atoms with van der Waals surface area (Å²) < 4.78 is 0. The van der Waals surface area contributed by atoms with Crippen molar-refractivity contribution >= 4 is 51.2 Å². The number of para-hydroxylation sites is 2. The fourth-order valence-corrected chi connectivity index (χ4v) is 9.07. The number of fused-ring (bicyclic) bond motifs is 3. The van der Waals surface area contributed by atoms with Crippen LogP contribution in [0.15, 0.2) is 224 Å². The Hall–Kier alpha value is -7.62. The van der Waals surface area contributed by atoms with Crippen LogP contribution in [0.25, 0.3) is 22.3 Å². The van der Waals surface area contributed by atoms with Crippen molar-refractivity contribution in [3.63, 3.8) is 0 Å². The standard InChI is InChI=1S/C59H49N3/c1-42-19-27-48(28-20-42)60(46-13-7-5-8-14-46)50-31-23-44(24-32-50)45-25-33-51(34-26-45)62(54-39-40-56-55-17-11-12-18-57(55)59(3,4)58(56)41-54)53-37-35-52(36-38-53)61(47-15-9-6-10-16-47)49-29-21-43(2)22-30-49/h5-41H,1-4H3. The second-order valence-corrected chi connectivity index (χ2v) is 16.9. The highest BCUT2D eigenvalue weighted by Crippen LogP contribution is 2.51. The number of aryl methyl sites for hydroxylation is 2. The number of hydrogen-bond donors (Lipinski definition) is 0. The molecule has 0 fully saturated rings. The lowest BCUT2D eigenvalue weighted by atomic mass is 9.82. The number of rotatable bonds is 10. The molecule has 1 aliphatic rings. The van der Waals surface area contributed by atoms with Crippen LogP contribution in [0.2, 0.25) is 0 Å². The van der Waals surface area contributed by atoms with Gasteiger partial charge in [-0.1, -0.05) is 140 Å². The van der Waals surface area contributed by atoms with Crippen molar-refractivity contribution in [2.45, 2.75) is 33.1 Å². The number of nitrogens with zero attached hydrogens (tertiary/aromatic N) is 3. The van der Waals surface area contributed by atoms with E-state index >= 15 is 0 Å². The van der Waals surface area contributed by atoms with Crippen LogP contribution >= 0.6 is 0 Å². The molecule has 0 N–H and O–H groups in total. The van der Waals surface area contributed by atoms with E-state index in [1.807, 2.05) is 0 Å². The molecule has 0 amide bonds. The van der Waals surface area contributed by atoms with Crippen LogP contribution in [0.5, 0.6) is 0 Å². The lowest BCUT2D eigenvalue weighted by Crippen LogP contribution is -2.16. The summed E-state index contributed by atoms with van der Waals surface area (Å²) in [6.45, 7) is 8.96. The third kappa shape index (κ3) is 7.22. The molecule has 300 valence electrons. The molecule has 3 heteroatoms. The van der Waals surface area contributed by atoms with E-state index in [2.05, 4.69) is 267 Å². The molecule has 0 heterocycles. The van der Waals surface area contributed by atoms with E-state index in [-0.39, 0.29) is 5.41 Å². The third-order valence-corrected chi connectivity index (χ3v) is 12.4. The smallest absolute Gasteiger partial charge is 0.0465 e. The molecule has 62 heavy (non-hydrogen) atoms. The maximum absolute atomic E-state index is 2.41. The molecule has 0 aromatic heterocycles. The average molecular weight is 800 g/mol. The summed E-state index contributed by atoms with van der Waals surface area (Å²) in [6, 6.07) is 81.5. The van der Waals surface area contributed by atoms with Crippen molar-refractivity contribution in [1.82, 2.24) is 0 Å². The third-order valence-electron chi connectivity index (χ3n) is 12.4.